The van der Waals surface area contributed by atoms with Gasteiger partial charge in [-0.2, -0.15) is 0 Å². The van der Waals surface area contributed by atoms with Crippen molar-refractivity contribution in [2.24, 2.45) is 0 Å². The van der Waals surface area contributed by atoms with Gasteiger partial charge in [0.05, 0.1) is 11.4 Å². The van der Waals surface area contributed by atoms with Crippen LogP contribution in [0.1, 0.15) is 31.0 Å². The first-order chi connectivity index (χ1) is 7.65. The van der Waals surface area contributed by atoms with Gasteiger partial charge in [-0.05, 0) is 48.2 Å². The Kier molecular flexibility index (Phi) is 3.28. The normalized spacial score (nSPS) is 15.9. The standard InChI is InChI=1S/C12H15BrN2O/c1-3-15-11(16)6-4-5-10-12(15)8(2)9(13)7-14-10/h7H,3-6H2,1-2H3. The summed E-state index contributed by atoms with van der Waals surface area (Å²) in [6, 6.07) is 0. The van der Waals surface area contributed by atoms with Crippen LogP contribution in [-0.2, 0) is 11.2 Å². The second-order valence-corrected chi connectivity index (χ2v) is 4.87. The fourth-order valence-corrected chi connectivity index (χ4v) is 2.45. The molecule has 0 fully saturated rings. The maximum absolute atomic E-state index is 12.0. The number of carbonyl (C=O) groups excluding carboxylic acids is 1. The number of aryl methyl sites for hydroxylation is 1. The van der Waals surface area contributed by atoms with Gasteiger partial charge in [0.15, 0.2) is 0 Å². The topological polar surface area (TPSA) is 33.2 Å². The van der Waals surface area contributed by atoms with E-state index in [1.165, 1.54) is 0 Å². The molecule has 16 heavy (non-hydrogen) atoms. The molecule has 1 aromatic rings. The number of fused-ring (bicyclic) bond motifs is 1. The Balaban J connectivity index is 2.60. The quantitative estimate of drug-likeness (QED) is 0.794. The smallest absolute Gasteiger partial charge is 0.227 e. The summed E-state index contributed by atoms with van der Waals surface area (Å²) in [5, 5.41) is 0. The van der Waals surface area contributed by atoms with Gasteiger partial charge < -0.3 is 4.90 Å². The zero-order valence-corrected chi connectivity index (χ0v) is 11.2. The van der Waals surface area contributed by atoms with Crippen LogP contribution >= 0.6 is 15.9 Å². The van der Waals surface area contributed by atoms with E-state index in [0.29, 0.717) is 13.0 Å². The average Bonchev–Trinajstić information content (AvgIpc) is 2.43. The van der Waals surface area contributed by atoms with Gasteiger partial charge in [-0.3, -0.25) is 9.78 Å². The Morgan fingerprint density at radius 1 is 1.50 bits per heavy atom. The summed E-state index contributed by atoms with van der Waals surface area (Å²) < 4.78 is 0.972. The van der Waals surface area contributed by atoms with Crippen LogP contribution in [0.2, 0.25) is 0 Å². The van der Waals surface area contributed by atoms with Crippen molar-refractivity contribution < 1.29 is 4.79 Å². The first kappa shape index (κ1) is 11.6. The van der Waals surface area contributed by atoms with Crippen LogP contribution in [0.3, 0.4) is 0 Å². The second-order valence-electron chi connectivity index (χ2n) is 4.02. The number of amides is 1. The summed E-state index contributed by atoms with van der Waals surface area (Å²) in [5.41, 5.74) is 3.18. The van der Waals surface area contributed by atoms with Gasteiger partial charge in [0, 0.05) is 23.6 Å². The van der Waals surface area contributed by atoms with Crippen LogP contribution in [0, 0.1) is 6.92 Å². The maximum atomic E-state index is 12.0. The highest BCUT2D eigenvalue weighted by Crippen LogP contribution is 2.32. The molecule has 1 aliphatic heterocycles. The van der Waals surface area contributed by atoms with Crippen molar-refractivity contribution in [2.75, 3.05) is 11.4 Å². The monoisotopic (exact) mass is 282 g/mol. The Labute approximate surface area is 104 Å². The van der Waals surface area contributed by atoms with Gasteiger partial charge in [-0.15, -0.1) is 0 Å². The minimum Gasteiger partial charge on any atom is -0.311 e. The van der Waals surface area contributed by atoms with E-state index in [1.54, 1.807) is 0 Å². The number of carbonyl (C=O) groups is 1. The molecule has 1 aromatic heterocycles. The molecule has 0 bridgehead atoms. The third-order valence-corrected chi connectivity index (χ3v) is 3.81. The van der Waals surface area contributed by atoms with E-state index in [1.807, 2.05) is 24.9 Å². The Hall–Kier alpha value is -0.900. The lowest BCUT2D eigenvalue weighted by molar-refractivity contribution is -0.118. The lowest BCUT2D eigenvalue weighted by Crippen LogP contribution is -2.30. The highest BCUT2D eigenvalue weighted by Gasteiger charge is 2.24. The number of pyridine rings is 1. The van der Waals surface area contributed by atoms with Crippen LogP contribution in [0.5, 0.6) is 0 Å². The number of halogens is 1. The molecule has 2 heterocycles. The maximum Gasteiger partial charge on any atom is 0.227 e. The third-order valence-electron chi connectivity index (χ3n) is 3.01. The summed E-state index contributed by atoms with van der Waals surface area (Å²) in [4.78, 5) is 18.2. The fourth-order valence-electron chi connectivity index (χ4n) is 2.16. The van der Waals surface area contributed by atoms with Gasteiger partial charge >= 0.3 is 0 Å². The second kappa shape index (κ2) is 4.53. The lowest BCUT2D eigenvalue weighted by atomic mass is 10.1. The predicted octanol–water partition coefficient (Wildman–Crippen LogP) is 2.84. The molecular formula is C12H15BrN2O. The molecule has 1 aliphatic rings. The van der Waals surface area contributed by atoms with Crippen molar-refractivity contribution in [3.8, 4) is 0 Å². The molecule has 0 radical (unpaired) electrons. The predicted molar refractivity (Wildman–Crippen MR) is 67.6 cm³/mol. The molecule has 0 aromatic carbocycles. The van der Waals surface area contributed by atoms with Crippen LogP contribution in [-0.4, -0.2) is 17.4 Å². The number of nitrogens with zero attached hydrogens (tertiary/aromatic N) is 2. The van der Waals surface area contributed by atoms with Gasteiger partial charge in [0.1, 0.15) is 0 Å². The largest absolute Gasteiger partial charge is 0.311 e. The lowest BCUT2D eigenvalue weighted by Gasteiger charge is -2.23. The van der Waals surface area contributed by atoms with Crippen LogP contribution in [0.4, 0.5) is 5.69 Å². The van der Waals surface area contributed by atoms with Crippen molar-refractivity contribution in [2.45, 2.75) is 33.1 Å². The number of hydrogen-bond acceptors (Lipinski definition) is 2. The molecule has 0 saturated carbocycles. The van der Waals surface area contributed by atoms with E-state index in [9.17, 15) is 4.79 Å². The molecule has 86 valence electrons. The minimum atomic E-state index is 0.212. The molecule has 0 unspecified atom stereocenters. The molecule has 4 heteroatoms. The summed E-state index contributed by atoms with van der Waals surface area (Å²) >= 11 is 3.48. The van der Waals surface area contributed by atoms with Gasteiger partial charge in [-0.25, -0.2) is 0 Å². The zero-order chi connectivity index (χ0) is 11.7. The van der Waals surface area contributed by atoms with Crippen LogP contribution in [0.15, 0.2) is 10.7 Å². The summed E-state index contributed by atoms with van der Waals surface area (Å²) in [6.45, 7) is 4.75. The Morgan fingerprint density at radius 3 is 2.94 bits per heavy atom. The van der Waals surface area contributed by atoms with Gasteiger partial charge in [0.25, 0.3) is 0 Å². The molecule has 0 saturated heterocycles. The van der Waals surface area contributed by atoms with E-state index in [4.69, 9.17) is 0 Å². The highest BCUT2D eigenvalue weighted by atomic mass is 79.9. The van der Waals surface area contributed by atoms with Crippen LogP contribution in [0.25, 0.3) is 0 Å². The van der Waals surface area contributed by atoms with Gasteiger partial charge in [-0.1, -0.05) is 0 Å². The summed E-state index contributed by atoms with van der Waals surface area (Å²) in [6.07, 6.45) is 4.25. The average molecular weight is 283 g/mol. The fraction of sp³-hybridized carbons (Fsp3) is 0.500. The molecule has 2 rings (SSSR count). The number of rotatable bonds is 1. The van der Waals surface area contributed by atoms with Crippen molar-refractivity contribution >= 4 is 27.5 Å². The zero-order valence-electron chi connectivity index (χ0n) is 9.59. The number of hydrogen-bond donors (Lipinski definition) is 0. The summed E-state index contributed by atoms with van der Waals surface area (Å²) in [7, 11) is 0. The third kappa shape index (κ3) is 1.86. The van der Waals surface area contributed by atoms with Crippen molar-refractivity contribution in [3.05, 3.63) is 21.9 Å². The Bertz CT molecular complexity index is 431. The molecule has 0 atom stereocenters. The molecule has 0 N–H and O–H groups in total. The van der Waals surface area contributed by atoms with E-state index in [-0.39, 0.29) is 5.91 Å². The first-order valence-electron chi connectivity index (χ1n) is 5.59. The SMILES string of the molecule is CCN1C(=O)CCCc2ncc(Br)c(C)c21. The minimum absolute atomic E-state index is 0.212. The molecule has 0 aliphatic carbocycles. The van der Waals surface area contributed by atoms with Gasteiger partial charge in [0.2, 0.25) is 5.91 Å². The number of aromatic nitrogens is 1. The molecule has 1 amide bonds. The van der Waals surface area contributed by atoms with Crippen molar-refractivity contribution in [1.82, 2.24) is 4.98 Å². The molecular weight excluding hydrogens is 268 g/mol. The Morgan fingerprint density at radius 2 is 2.25 bits per heavy atom. The van der Waals surface area contributed by atoms with E-state index < -0.39 is 0 Å². The first-order valence-corrected chi connectivity index (χ1v) is 6.38. The van der Waals surface area contributed by atoms with E-state index in [0.717, 1.165) is 34.3 Å². The highest BCUT2D eigenvalue weighted by molar-refractivity contribution is 9.10. The van der Waals surface area contributed by atoms with E-state index >= 15 is 0 Å². The number of anilines is 1. The molecule has 3 nitrogen and oxygen atoms in total. The van der Waals surface area contributed by atoms with E-state index in [2.05, 4.69) is 20.9 Å². The summed E-state index contributed by atoms with van der Waals surface area (Å²) in [5.74, 6) is 0.212. The van der Waals surface area contributed by atoms with Crippen molar-refractivity contribution in [1.29, 1.82) is 0 Å². The van der Waals surface area contributed by atoms with Crippen LogP contribution < -0.4 is 4.90 Å². The molecule has 0 spiro atoms. The van der Waals surface area contributed by atoms with Crippen molar-refractivity contribution in [3.63, 3.8) is 0 Å².